The highest BCUT2D eigenvalue weighted by molar-refractivity contribution is 14.0. The van der Waals surface area contributed by atoms with Crippen LogP contribution in [0.2, 0.25) is 0 Å². The van der Waals surface area contributed by atoms with E-state index in [2.05, 4.69) is 66.7 Å². The second-order valence-corrected chi connectivity index (χ2v) is 6.26. The van der Waals surface area contributed by atoms with Crippen molar-refractivity contribution < 1.29 is 0 Å². The smallest absolute Gasteiger partial charge is 0.191 e. The van der Waals surface area contributed by atoms with E-state index in [0.29, 0.717) is 24.4 Å². The molecule has 1 heterocycles. The molecule has 0 fully saturated rings. The lowest BCUT2D eigenvalue weighted by Gasteiger charge is -2.20. The number of nitrogens with zero attached hydrogens (tertiary/aromatic N) is 3. The maximum absolute atomic E-state index is 4.66. The summed E-state index contributed by atoms with van der Waals surface area (Å²) in [5.74, 6) is 3.04. The lowest BCUT2D eigenvalue weighted by atomic mass is 10.1. The molecule has 1 aromatic heterocycles. The van der Waals surface area contributed by atoms with Gasteiger partial charge in [0, 0.05) is 31.5 Å². The summed E-state index contributed by atoms with van der Waals surface area (Å²) in [4.78, 5) is 9.07. The molecule has 2 N–H and O–H groups in total. The van der Waals surface area contributed by atoms with Crippen molar-refractivity contribution in [2.24, 2.45) is 16.8 Å². The van der Waals surface area contributed by atoms with Gasteiger partial charge in [0.15, 0.2) is 5.96 Å². The minimum absolute atomic E-state index is 0. The van der Waals surface area contributed by atoms with Crippen LogP contribution in [0.5, 0.6) is 0 Å². The first-order valence-corrected chi connectivity index (χ1v) is 7.98. The molecule has 0 aliphatic carbocycles. The average molecular weight is 421 g/mol. The Hall–Kier alpha value is -0.790. The van der Waals surface area contributed by atoms with Crippen LogP contribution in [-0.2, 0) is 13.1 Å². The summed E-state index contributed by atoms with van der Waals surface area (Å²) in [6, 6.07) is 0.387. The number of aliphatic imine (C=N–C) groups is 1. The van der Waals surface area contributed by atoms with Gasteiger partial charge in [-0.05, 0) is 25.7 Å². The van der Waals surface area contributed by atoms with Crippen LogP contribution in [0, 0.1) is 11.8 Å². The van der Waals surface area contributed by atoms with Crippen molar-refractivity contribution in [3.63, 3.8) is 0 Å². The summed E-state index contributed by atoms with van der Waals surface area (Å²) >= 11 is 0. The maximum atomic E-state index is 4.66. The maximum Gasteiger partial charge on any atom is 0.191 e. The highest BCUT2D eigenvalue weighted by Crippen LogP contribution is 2.05. The molecule has 1 rings (SSSR count). The second-order valence-electron chi connectivity index (χ2n) is 6.26. The lowest BCUT2D eigenvalue weighted by Crippen LogP contribution is -2.44. The molecule has 22 heavy (non-hydrogen) atoms. The van der Waals surface area contributed by atoms with Crippen molar-refractivity contribution in [1.82, 2.24) is 20.2 Å². The van der Waals surface area contributed by atoms with E-state index in [1.54, 1.807) is 0 Å². The predicted molar refractivity (Wildman–Crippen MR) is 105 cm³/mol. The van der Waals surface area contributed by atoms with E-state index in [0.717, 1.165) is 24.9 Å². The molecular formula is C16H32IN5. The Labute approximate surface area is 152 Å². The molecule has 0 aliphatic heterocycles. The molecular weight excluding hydrogens is 389 g/mol. The quantitative estimate of drug-likeness (QED) is 0.404. The molecule has 1 atom stereocenters. The molecule has 0 radical (unpaired) electrons. The van der Waals surface area contributed by atoms with Crippen LogP contribution in [0.1, 0.15) is 47.4 Å². The fourth-order valence-electron chi connectivity index (χ4n) is 1.90. The van der Waals surface area contributed by atoms with Gasteiger partial charge in [0.05, 0.1) is 0 Å². The van der Waals surface area contributed by atoms with E-state index < -0.39 is 0 Å². The zero-order valence-electron chi connectivity index (χ0n) is 14.8. The summed E-state index contributed by atoms with van der Waals surface area (Å²) in [6.45, 7) is 15.5. The number of hydrogen-bond donors (Lipinski definition) is 2. The Morgan fingerprint density at radius 2 is 1.95 bits per heavy atom. The van der Waals surface area contributed by atoms with E-state index in [4.69, 9.17) is 0 Å². The van der Waals surface area contributed by atoms with Crippen LogP contribution in [-0.4, -0.2) is 28.1 Å². The summed E-state index contributed by atoms with van der Waals surface area (Å²) in [5, 5.41) is 6.73. The molecule has 0 aliphatic rings. The molecule has 0 spiro atoms. The van der Waals surface area contributed by atoms with Crippen molar-refractivity contribution in [3.8, 4) is 0 Å². The number of halogens is 1. The molecule has 5 nitrogen and oxygen atoms in total. The summed E-state index contributed by atoms with van der Waals surface area (Å²) in [7, 11) is 0. The van der Waals surface area contributed by atoms with Crippen molar-refractivity contribution in [3.05, 3.63) is 18.2 Å². The zero-order valence-corrected chi connectivity index (χ0v) is 17.1. The van der Waals surface area contributed by atoms with Crippen LogP contribution in [0.25, 0.3) is 0 Å². The third kappa shape index (κ3) is 7.47. The standard InChI is InChI=1S/C16H31N5.HI/c1-7-17-16(20-14(6)13(4)5)19-10-15-18-8-9-21(15)11-12(2)3;/h8-9,12-14H,7,10-11H2,1-6H3,(H2,17,19,20);1H. The first-order chi connectivity index (χ1) is 9.93. The van der Waals surface area contributed by atoms with Crippen LogP contribution < -0.4 is 10.6 Å². The number of hydrogen-bond acceptors (Lipinski definition) is 2. The van der Waals surface area contributed by atoms with E-state index in [1.165, 1.54) is 0 Å². The minimum atomic E-state index is 0. The van der Waals surface area contributed by atoms with Crippen LogP contribution in [0.4, 0.5) is 0 Å². The van der Waals surface area contributed by atoms with Gasteiger partial charge in [-0.1, -0.05) is 27.7 Å². The van der Waals surface area contributed by atoms with Gasteiger partial charge in [-0.25, -0.2) is 9.98 Å². The molecule has 0 amide bonds. The van der Waals surface area contributed by atoms with Crippen molar-refractivity contribution in [2.75, 3.05) is 6.54 Å². The van der Waals surface area contributed by atoms with Gasteiger partial charge in [0.25, 0.3) is 0 Å². The molecule has 1 aromatic rings. The normalized spacial score (nSPS) is 13.2. The molecule has 0 saturated heterocycles. The van der Waals surface area contributed by atoms with E-state index in [9.17, 15) is 0 Å². The third-order valence-electron chi connectivity index (χ3n) is 3.45. The van der Waals surface area contributed by atoms with E-state index >= 15 is 0 Å². The summed E-state index contributed by atoms with van der Waals surface area (Å²) in [6.07, 6.45) is 3.88. The second kappa shape index (κ2) is 10.9. The number of nitrogens with one attached hydrogen (secondary N) is 2. The average Bonchev–Trinajstić information content (AvgIpc) is 2.82. The number of imidazole rings is 1. The number of aromatic nitrogens is 2. The Morgan fingerprint density at radius 1 is 1.27 bits per heavy atom. The molecule has 1 unspecified atom stereocenters. The van der Waals surface area contributed by atoms with Crippen LogP contribution >= 0.6 is 24.0 Å². The zero-order chi connectivity index (χ0) is 15.8. The Bertz CT molecular complexity index is 439. The van der Waals surface area contributed by atoms with Crippen molar-refractivity contribution in [1.29, 1.82) is 0 Å². The first-order valence-electron chi connectivity index (χ1n) is 7.98. The monoisotopic (exact) mass is 421 g/mol. The fraction of sp³-hybridized carbons (Fsp3) is 0.750. The Balaban J connectivity index is 0.00000441. The first kappa shape index (κ1) is 21.2. The van der Waals surface area contributed by atoms with Crippen molar-refractivity contribution >= 4 is 29.9 Å². The van der Waals surface area contributed by atoms with Gasteiger partial charge in [0.1, 0.15) is 12.4 Å². The van der Waals surface area contributed by atoms with Crippen molar-refractivity contribution in [2.45, 2.75) is 60.7 Å². The van der Waals surface area contributed by atoms with Gasteiger partial charge in [-0.2, -0.15) is 0 Å². The van der Waals surface area contributed by atoms with E-state index in [1.807, 2.05) is 12.4 Å². The summed E-state index contributed by atoms with van der Waals surface area (Å²) in [5.41, 5.74) is 0. The Morgan fingerprint density at radius 3 is 2.50 bits per heavy atom. The lowest BCUT2D eigenvalue weighted by molar-refractivity contribution is 0.480. The Kier molecular flexibility index (Phi) is 10.5. The molecule has 0 aromatic carbocycles. The van der Waals surface area contributed by atoms with Gasteiger partial charge in [-0.15, -0.1) is 24.0 Å². The van der Waals surface area contributed by atoms with Crippen LogP contribution in [0.3, 0.4) is 0 Å². The largest absolute Gasteiger partial charge is 0.357 e. The third-order valence-corrected chi connectivity index (χ3v) is 3.45. The van der Waals surface area contributed by atoms with Gasteiger partial charge >= 0.3 is 0 Å². The molecule has 6 heteroatoms. The minimum Gasteiger partial charge on any atom is -0.357 e. The molecule has 0 bridgehead atoms. The predicted octanol–water partition coefficient (Wildman–Crippen LogP) is 3.26. The SMILES string of the molecule is CCNC(=NCc1nccn1CC(C)C)NC(C)C(C)C.I. The topological polar surface area (TPSA) is 54.2 Å². The highest BCUT2D eigenvalue weighted by Gasteiger charge is 2.09. The molecule has 128 valence electrons. The van der Waals surface area contributed by atoms with Gasteiger partial charge in [0.2, 0.25) is 0 Å². The van der Waals surface area contributed by atoms with Gasteiger partial charge < -0.3 is 15.2 Å². The molecule has 0 saturated carbocycles. The van der Waals surface area contributed by atoms with E-state index in [-0.39, 0.29) is 24.0 Å². The summed E-state index contributed by atoms with van der Waals surface area (Å²) < 4.78 is 2.18. The fourth-order valence-corrected chi connectivity index (χ4v) is 1.90. The van der Waals surface area contributed by atoms with Gasteiger partial charge in [-0.3, -0.25) is 0 Å². The number of rotatable bonds is 7. The number of guanidine groups is 1. The highest BCUT2D eigenvalue weighted by atomic mass is 127. The van der Waals surface area contributed by atoms with Crippen LogP contribution in [0.15, 0.2) is 17.4 Å².